The van der Waals surface area contributed by atoms with Crippen molar-refractivity contribution in [2.24, 2.45) is 0 Å². The first-order valence-corrected chi connectivity index (χ1v) is 13.4. The summed E-state index contributed by atoms with van der Waals surface area (Å²) in [6.45, 7) is 21.3. The number of nitrogens with zero attached hydrogens (tertiary/aromatic N) is 1. The standard InChI is InChI=1S/C22H21NO2S.2C3H6.2C2H6/c1-22(18-11-7-4-8-12-18)24-20-14-13-19(15-21(20)25-22)26-23(2)16-17-9-5-3-6-10-17;2*1-3-2;2*1-2/h3-15H,16H2,1-2H3;2*3H,1H2,2H3;2*1-2H3. The lowest BCUT2D eigenvalue weighted by molar-refractivity contribution is -0.0680. The molecule has 0 saturated heterocycles. The fourth-order valence-electron chi connectivity index (χ4n) is 3.06. The quantitative estimate of drug-likeness (QED) is 0.253. The molecule has 1 aliphatic rings. The van der Waals surface area contributed by atoms with E-state index in [-0.39, 0.29) is 0 Å². The molecule has 0 N–H and O–H groups in total. The Kier molecular flexibility index (Phi) is 17.7. The van der Waals surface area contributed by atoms with E-state index >= 15 is 0 Å². The minimum Gasteiger partial charge on any atom is -0.445 e. The van der Waals surface area contributed by atoms with E-state index in [0.29, 0.717) is 0 Å². The zero-order valence-electron chi connectivity index (χ0n) is 23.5. The summed E-state index contributed by atoms with van der Waals surface area (Å²) in [5.74, 6) is 0.795. The average Bonchev–Trinajstić information content (AvgIpc) is 3.25. The molecule has 4 heteroatoms. The zero-order chi connectivity index (χ0) is 27.4. The molecule has 0 saturated carbocycles. The summed E-state index contributed by atoms with van der Waals surface area (Å²) >= 11 is 1.70. The van der Waals surface area contributed by atoms with Gasteiger partial charge in [0.25, 0.3) is 5.79 Å². The molecule has 0 radical (unpaired) electrons. The van der Waals surface area contributed by atoms with E-state index in [1.165, 1.54) is 5.56 Å². The summed E-state index contributed by atoms with van der Waals surface area (Å²) in [6, 6.07) is 26.6. The van der Waals surface area contributed by atoms with Crippen LogP contribution in [0.2, 0.25) is 0 Å². The first-order valence-electron chi connectivity index (χ1n) is 12.6. The van der Waals surface area contributed by atoms with Crippen LogP contribution < -0.4 is 9.47 Å². The summed E-state index contributed by atoms with van der Waals surface area (Å²) in [6.07, 6.45) is 3.50. The van der Waals surface area contributed by atoms with Crippen molar-refractivity contribution in [3.63, 3.8) is 0 Å². The Morgan fingerprint density at radius 3 is 1.78 bits per heavy atom. The van der Waals surface area contributed by atoms with Gasteiger partial charge < -0.3 is 9.47 Å². The summed E-state index contributed by atoms with van der Waals surface area (Å²) in [4.78, 5) is 1.13. The highest BCUT2D eigenvalue weighted by Gasteiger charge is 2.38. The molecular formula is C32H45NO2S. The summed E-state index contributed by atoms with van der Waals surface area (Å²) < 4.78 is 14.5. The molecule has 1 aliphatic heterocycles. The molecule has 1 atom stereocenters. The van der Waals surface area contributed by atoms with Gasteiger partial charge in [-0.05, 0) is 56.6 Å². The van der Waals surface area contributed by atoms with E-state index in [4.69, 9.17) is 9.47 Å². The molecule has 0 bridgehead atoms. The number of rotatable bonds is 5. The Morgan fingerprint density at radius 2 is 1.25 bits per heavy atom. The van der Waals surface area contributed by atoms with Gasteiger partial charge in [0, 0.05) is 23.9 Å². The van der Waals surface area contributed by atoms with Crippen LogP contribution in [0.3, 0.4) is 0 Å². The SMILES string of the molecule is C=CC.C=CC.CC.CC.CN(Cc1ccccc1)Sc1ccc2c(c1)OC(C)(c1ccccc1)O2. The van der Waals surface area contributed by atoms with Crippen molar-refractivity contribution in [2.75, 3.05) is 7.05 Å². The van der Waals surface area contributed by atoms with Crippen molar-refractivity contribution in [1.29, 1.82) is 0 Å². The van der Waals surface area contributed by atoms with Gasteiger partial charge >= 0.3 is 0 Å². The van der Waals surface area contributed by atoms with Crippen molar-refractivity contribution >= 4 is 11.9 Å². The molecule has 0 aliphatic carbocycles. The first kappa shape index (κ1) is 33.0. The lowest BCUT2D eigenvalue weighted by Gasteiger charge is -2.23. The second kappa shape index (κ2) is 19.3. The van der Waals surface area contributed by atoms with Crippen LogP contribution in [0.1, 0.15) is 59.6 Å². The Balaban J connectivity index is 0.00000108. The summed E-state index contributed by atoms with van der Waals surface area (Å²) in [5, 5.41) is 0. The van der Waals surface area contributed by atoms with Gasteiger partial charge in [-0.15, -0.1) is 13.2 Å². The van der Waals surface area contributed by atoms with Crippen LogP contribution in [-0.2, 0) is 12.3 Å². The third kappa shape index (κ3) is 11.2. The number of fused-ring (bicyclic) bond motifs is 1. The minimum atomic E-state index is -0.775. The van der Waals surface area contributed by atoms with Gasteiger partial charge in [-0.25, -0.2) is 4.31 Å². The maximum absolute atomic E-state index is 6.17. The fourth-order valence-corrected chi connectivity index (χ4v) is 3.92. The van der Waals surface area contributed by atoms with Gasteiger partial charge in [0.15, 0.2) is 11.5 Å². The van der Waals surface area contributed by atoms with Crippen LogP contribution in [0.15, 0.2) is 109 Å². The second-order valence-corrected chi connectivity index (χ2v) is 8.58. The summed E-state index contributed by atoms with van der Waals surface area (Å²) in [5.41, 5.74) is 2.30. The van der Waals surface area contributed by atoms with E-state index in [0.717, 1.165) is 28.5 Å². The van der Waals surface area contributed by atoms with E-state index < -0.39 is 5.79 Å². The molecular weight excluding hydrogens is 462 g/mol. The highest BCUT2D eigenvalue weighted by molar-refractivity contribution is 7.97. The van der Waals surface area contributed by atoms with Crippen molar-refractivity contribution in [3.05, 3.63) is 115 Å². The highest BCUT2D eigenvalue weighted by atomic mass is 32.2. The number of allylic oxidation sites excluding steroid dienone is 2. The maximum atomic E-state index is 6.17. The molecule has 0 aromatic heterocycles. The highest BCUT2D eigenvalue weighted by Crippen LogP contribution is 2.45. The predicted octanol–water partition coefficient (Wildman–Crippen LogP) is 9.91. The third-order valence-electron chi connectivity index (χ3n) is 4.33. The summed E-state index contributed by atoms with van der Waals surface area (Å²) in [7, 11) is 2.09. The average molecular weight is 508 g/mol. The predicted molar refractivity (Wildman–Crippen MR) is 160 cm³/mol. The Morgan fingerprint density at radius 1 is 0.778 bits per heavy atom. The molecule has 1 unspecified atom stereocenters. The van der Waals surface area contributed by atoms with Gasteiger partial charge in [0.1, 0.15) is 0 Å². The smallest absolute Gasteiger partial charge is 0.275 e. The fraction of sp³-hybridized carbons (Fsp3) is 0.312. The van der Waals surface area contributed by atoms with Crippen LogP contribution >= 0.6 is 11.9 Å². The lowest BCUT2D eigenvalue weighted by Crippen LogP contribution is -2.31. The largest absolute Gasteiger partial charge is 0.445 e. The normalized spacial score (nSPS) is 14.2. The Bertz CT molecular complexity index is 970. The molecule has 0 spiro atoms. The van der Waals surface area contributed by atoms with Crippen LogP contribution in [0.25, 0.3) is 0 Å². The minimum absolute atomic E-state index is 0.775. The number of benzene rings is 3. The van der Waals surface area contributed by atoms with Crippen molar-refractivity contribution < 1.29 is 9.47 Å². The first-order chi connectivity index (χ1) is 17.5. The second-order valence-electron chi connectivity index (χ2n) is 7.30. The topological polar surface area (TPSA) is 21.7 Å². The molecule has 3 aromatic rings. The van der Waals surface area contributed by atoms with E-state index in [1.807, 2.05) is 90.9 Å². The van der Waals surface area contributed by atoms with Crippen LogP contribution in [0.4, 0.5) is 0 Å². The Hall–Kier alpha value is -2.95. The molecule has 4 rings (SSSR count). The molecule has 3 aromatic carbocycles. The number of hydrogen-bond acceptors (Lipinski definition) is 4. The van der Waals surface area contributed by atoms with Gasteiger partial charge in [-0.2, -0.15) is 0 Å². The van der Waals surface area contributed by atoms with Gasteiger partial charge in [0.05, 0.1) is 0 Å². The number of hydrogen-bond donors (Lipinski definition) is 0. The molecule has 3 nitrogen and oxygen atoms in total. The lowest BCUT2D eigenvalue weighted by atomic mass is 10.1. The maximum Gasteiger partial charge on any atom is 0.275 e. The number of ether oxygens (including phenoxy) is 2. The molecule has 0 fully saturated rings. The van der Waals surface area contributed by atoms with E-state index in [9.17, 15) is 0 Å². The molecule has 196 valence electrons. The van der Waals surface area contributed by atoms with Crippen LogP contribution in [0, 0.1) is 0 Å². The molecule has 1 heterocycles. The van der Waals surface area contributed by atoms with E-state index in [1.54, 1.807) is 24.1 Å². The molecule has 36 heavy (non-hydrogen) atoms. The van der Waals surface area contributed by atoms with Crippen molar-refractivity contribution in [3.8, 4) is 11.5 Å². The van der Waals surface area contributed by atoms with E-state index in [2.05, 4.69) is 60.9 Å². The molecule has 0 amide bonds. The third-order valence-corrected chi connectivity index (χ3v) is 5.24. The van der Waals surface area contributed by atoms with Crippen LogP contribution in [-0.4, -0.2) is 11.4 Å². The Labute approximate surface area is 225 Å². The van der Waals surface area contributed by atoms with Gasteiger partial charge in [0.2, 0.25) is 0 Å². The zero-order valence-corrected chi connectivity index (χ0v) is 24.3. The van der Waals surface area contributed by atoms with Gasteiger partial charge in [-0.3, -0.25) is 0 Å². The van der Waals surface area contributed by atoms with Crippen molar-refractivity contribution in [2.45, 2.75) is 65.7 Å². The van der Waals surface area contributed by atoms with Gasteiger partial charge in [-0.1, -0.05) is 101 Å². The van der Waals surface area contributed by atoms with Crippen LogP contribution in [0.5, 0.6) is 11.5 Å². The van der Waals surface area contributed by atoms with Crippen molar-refractivity contribution in [1.82, 2.24) is 4.31 Å². The monoisotopic (exact) mass is 507 g/mol.